The Kier molecular flexibility index (Phi) is 6.08. The molecule has 1 aromatic heterocycles. The second-order valence-corrected chi connectivity index (χ2v) is 6.92. The van der Waals surface area contributed by atoms with Crippen LogP contribution in [0.2, 0.25) is 0 Å². The summed E-state index contributed by atoms with van der Waals surface area (Å²) < 4.78 is 10.4. The summed E-state index contributed by atoms with van der Waals surface area (Å²) in [6, 6.07) is 13.3. The van der Waals surface area contributed by atoms with E-state index in [-0.39, 0.29) is 5.91 Å². The summed E-state index contributed by atoms with van der Waals surface area (Å²) in [5.41, 5.74) is 3.84. The number of methoxy groups -OCH3 is 2. The number of carbonyl (C=O) groups excluding carboxylic acids is 1. The minimum atomic E-state index is -0.165. The van der Waals surface area contributed by atoms with Gasteiger partial charge < -0.3 is 14.8 Å². The van der Waals surface area contributed by atoms with Crippen molar-refractivity contribution < 1.29 is 14.3 Å². The molecule has 0 unspecified atom stereocenters. The Hall–Kier alpha value is -2.86. The summed E-state index contributed by atoms with van der Waals surface area (Å²) in [5.74, 6) is 1.00. The van der Waals surface area contributed by atoms with E-state index in [2.05, 4.69) is 24.4 Å². The number of carbonyl (C=O) groups is 1. The van der Waals surface area contributed by atoms with Crippen LogP contribution in [0.1, 0.15) is 21.6 Å². The molecule has 3 aromatic rings. The number of amides is 1. The molecule has 0 saturated carbocycles. The van der Waals surface area contributed by atoms with Crippen LogP contribution in [-0.2, 0) is 6.42 Å². The highest BCUT2D eigenvalue weighted by Crippen LogP contribution is 2.26. The molecule has 3 rings (SSSR count). The van der Waals surface area contributed by atoms with Crippen LogP contribution in [0.5, 0.6) is 11.5 Å². The van der Waals surface area contributed by atoms with Crippen molar-refractivity contribution in [3.05, 3.63) is 64.7 Å². The fraction of sp³-hybridized carbons (Fsp3) is 0.238. The van der Waals surface area contributed by atoms with Gasteiger partial charge in [-0.05, 0) is 24.6 Å². The lowest BCUT2D eigenvalue weighted by atomic mass is 10.1. The third-order valence-electron chi connectivity index (χ3n) is 4.21. The number of hydrogen-bond acceptors (Lipinski definition) is 5. The smallest absolute Gasteiger partial charge is 0.251 e. The van der Waals surface area contributed by atoms with Gasteiger partial charge in [-0.2, -0.15) is 0 Å². The predicted octanol–water partition coefficient (Wildman–Crippen LogP) is 4.11. The zero-order valence-electron chi connectivity index (χ0n) is 15.6. The van der Waals surface area contributed by atoms with E-state index in [4.69, 9.17) is 14.5 Å². The first-order chi connectivity index (χ1) is 13.1. The maximum absolute atomic E-state index is 12.4. The Labute approximate surface area is 163 Å². The molecule has 0 spiro atoms. The van der Waals surface area contributed by atoms with Gasteiger partial charge in [0.15, 0.2) is 0 Å². The van der Waals surface area contributed by atoms with Crippen LogP contribution in [0, 0.1) is 6.92 Å². The van der Waals surface area contributed by atoms with E-state index in [1.165, 1.54) is 5.56 Å². The van der Waals surface area contributed by atoms with E-state index in [0.29, 0.717) is 30.0 Å². The number of nitrogens with zero attached hydrogens (tertiary/aromatic N) is 1. The van der Waals surface area contributed by atoms with Crippen molar-refractivity contribution in [1.82, 2.24) is 10.3 Å². The van der Waals surface area contributed by atoms with Gasteiger partial charge >= 0.3 is 0 Å². The Morgan fingerprint density at radius 1 is 1.11 bits per heavy atom. The lowest BCUT2D eigenvalue weighted by molar-refractivity contribution is 0.0953. The van der Waals surface area contributed by atoms with Gasteiger partial charge in [0.05, 0.1) is 19.9 Å². The number of ether oxygens (including phenoxy) is 2. The normalized spacial score (nSPS) is 10.5. The van der Waals surface area contributed by atoms with Crippen LogP contribution in [0.3, 0.4) is 0 Å². The van der Waals surface area contributed by atoms with Gasteiger partial charge in [-0.3, -0.25) is 4.79 Å². The number of nitrogens with one attached hydrogen (secondary N) is 1. The fourth-order valence-corrected chi connectivity index (χ4v) is 3.65. The first-order valence-corrected chi connectivity index (χ1v) is 9.50. The van der Waals surface area contributed by atoms with Crippen molar-refractivity contribution in [1.29, 1.82) is 0 Å². The minimum Gasteiger partial charge on any atom is -0.497 e. The Morgan fingerprint density at radius 2 is 1.81 bits per heavy atom. The lowest BCUT2D eigenvalue weighted by Crippen LogP contribution is -2.25. The van der Waals surface area contributed by atoms with Gasteiger partial charge in [0.1, 0.15) is 16.5 Å². The van der Waals surface area contributed by atoms with E-state index in [9.17, 15) is 4.79 Å². The molecule has 0 saturated heterocycles. The molecule has 0 radical (unpaired) electrons. The minimum absolute atomic E-state index is 0.165. The fourth-order valence-electron chi connectivity index (χ4n) is 2.70. The quantitative estimate of drug-likeness (QED) is 0.668. The van der Waals surface area contributed by atoms with Crippen molar-refractivity contribution in [2.45, 2.75) is 13.3 Å². The zero-order valence-corrected chi connectivity index (χ0v) is 16.4. The van der Waals surface area contributed by atoms with Gasteiger partial charge in [-0.25, -0.2) is 4.98 Å². The molecule has 140 valence electrons. The standard InChI is InChI=1S/C21H22N2O3S/c1-14-6-4-5-7-19(14)21-23-16(13-27-21)8-9-22-20(24)15-10-17(25-2)12-18(11-15)26-3/h4-7,10-13H,8-9H2,1-3H3,(H,22,24). The number of aryl methyl sites for hydroxylation is 1. The first-order valence-electron chi connectivity index (χ1n) is 8.62. The maximum atomic E-state index is 12.4. The van der Waals surface area contributed by atoms with E-state index < -0.39 is 0 Å². The molecule has 1 N–H and O–H groups in total. The molecule has 0 atom stereocenters. The van der Waals surface area contributed by atoms with Crippen molar-refractivity contribution in [2.75, 3.05) is 20.8 Å². The molecule has 1 amide bonds. The van der Waals surface area contributed by atoms with Gasteiger partial charge in [0.25, 0.3) is 5.91 Å². The first kappa shape index (κ1) is 18.9. The van der Waals surface area contributed by atoms with E-state index in [1.54, 1.807) is 43.8 Å². The van der Waals surface area contributed by atoms with Gasteiger partial charge in [0, 0.05) is 35.5 Å². The Morgan fingerprint density at radius 3 is 2.48 bits per heavy atom. The molecule has 0 bridgehead atoms. The van der Waals surface area contributed by atoms with E-state index in [1.807, 2.05) is 17.5 Å². The van der Waals surface area contributed by atoms with Crippen molar-refractivity contribution >= 4 is 17.2 Å². The predicted molar refractivity (Wildman–Crippen MR) is 108 cm³/mol. The lowest BCUT2D eigenvalue weighted by Gasteiger charge is -2.09. The average Bonchev–Trinajstić information content (AvgIpc) is 3.16. The highest BCUT2D eigenvalue weighted by atomic mass is 32.1. The monoisotopic (exact) mass is 382 g/mol. The highest BCUT2D eigenvalue weighted by Gasteiger charge is 2.11. The summed E-state index contributed by atoms with van der Waals surface area (Å²) in [5, 5.41) is 5.98. The molecule has 27 heavy (non-hydrogen) atoms. The van der Waals surface area contributed by atoms with Crippen molar-refractivity contribution in [3.63, 3.8) is 0 Å². The van der Waals surface area contributed by atoms with Crippen LogP contribution in [-0.4, -0.2) is 31.7 Å². The van der Waals surface area contributed by atoms with E-state index >= 15 is 0 Å². The number of aromatic nitrogens is 1. The number of rotatable bonds is 7. The van der Waals surface area contributed by atoms with Crippen LogP contribution >= 0.6 is 11.3 Å². The summed E-state index contributed by atoms with van der Waals surface area (Å²) in [6.45, 7) is 2.59. The third kappa shape index (κ3) is 4.65. The van der Waals surface area contributed by atoms with Crippen molar-refractivity contribution in [2.24, 2.45) is 0 Å². The molecule has 5 nitrogen and oxygen atoms in total. The topological polar surface area (TPSA) is 60.5 Å². The molecule has 1 heterocycles. The van der Waals surface area contributed by atoms with Crippen LogP contribution in [0.4, 0.5) is 0 Å². The second-order valence-electron chi connectivity index (χ2n) is 6.07. The van der Waals surface area contributed by atoms with Crippen molar-refractivity contribution in [3.8, 4) is 22.1 Å². The van der Waals surface area contributed by atoms with Crippen LogP contribution < -0.4 is 14.8 Å². The summed E-state index contributed by atoms with van der Waals surface area (Å²) in [7, 11) is 3.12. The molecular weight excluding hydrogens is 360 g/mol. The molecule has 0 fully saturated rings. The Bertz CT molecular complexity index is 914. The largest absolute Gasteiger partial charge is 0.497 e. The third-order valence-corrected chi connectivity index (χ3v) is 5.13. The number of benzene rings is 2. The van der Waals surface area contributed by atoms with Crippen LogP contribution in [0.25, 0.3) is 10.6 Å². The number of thiazole rings is 1. The zero-order chi connectivity index (χ0) is 19.2. The van der Waals surface area contributed by atoms with Gasteiger partial charge in [-0.15, -0.1) is 11.3 Å². The number of hydrogen-bond donors (Lipinski definition) is 1. The van der Waals surface area contributed by atoms with E-state index in [0.717, 1.165) is 16.3 Å². The summed E-state index contributed by atoms with van der Waals surface area (Å²) in [4.78, 5) is 17.1. The average molecular weight is 382 g/mol. The summed E-state index contributed by atoms with van der Waals surface area (Å²) >= 11 is 1.63. The molecule has 6 heteroatoms. The Balaban J connectivity index is 1.60. The molecular formula is C21H22N2O3S. The molecule has 2 aromatic carbocycles. The second kappa shape index (κ2) is 8.68. The van der Waals surface area contributed by atoms with Gasteiger partial charge in [0.2, 0.25) is 0 Å². The SMILES string of the molecule is COc1cc(OC)cc(C(=O)NCCc2csc(-c3ccccc3C)n2)c1. The maximum Gasteiger partial charge on any atom is 0.251 e. The van der Waals surface area contributed by atoms with Crippen LogP contribution in [0.15, 0.2) is 47.8 Å². The molecule has 0 aliphatic rings. The highest BCUT2D eigenvalue weighted by molar-refractivity contribution is 7.13. The molecule has 0 aliphatic carbocycles. The van der Waals surface area contributed by atoms with Gasteiger partial charge in [-0.1, -0.05) is 24.3 Å². The molecule has 0 aliphatic heterocycles. The summed E-state index contributed by atoms with van der Waals surface area (Å²) in [6.07, 6.45) is 0.676.